The molecule has 6 nitrogen and oxygen atoms in total. The van der Waals surface area contributed by atoms with Crippen molar-refractivity contribution in [3.63, 3.8) is 0 Å². The Hall–Kier alpha value is -3.25. The van der Waals surface area contributed by atoms with Crippen molar-refractivity contribution in [2.24, 2.45) is 0 Å². The van der Waals surface area contributed by atoms with Gasteiger partial charge in [0.25, 0.3) is 0 Å². The topological polar surface area (TPSA) is 84.9 Å². The van der Waals surface area contributed by atoms with E-state index in [2.05, 4.69) is 19.7 Å². The van der Waals surface area contributed by atoms with Gasteiger partial charge in [0, 0.05) is 24.7 Å². The zero-order valence-corrected chi connectivity index (χ0v) is 19.5. The normalized spacial score (nSPS) is 13.9. The van der Waals surface area contributed by atoms with Crippen molar-refractivity contribution in [3.8, 4) is 22.8 Å². The van der Waals surface area contributed by atoms with Gasteiger partial charge in [-0.05, 0) is 43.2 Å². The predicted octanol–water partition coefficient (Wildman–Crippen LogP) is 5.64. The highest BCUT2D eigenvalue weighted by Crippen LogP contribution is 2.35. The van der Waals surface area contributed by atoms with Crippen molar-refractivity contribution in [1.29, 1.82) is 0 Å². The van der Waals surface area contributed by atoms with Crippen LogP contribution in [0.1, 0.15) is 24.5 Å². The number of alkyl halides is 6. The number of hydrogen-bond acceptors (Lipinski definition) is 5. The lowest BCUT2D eigenvalue weighted by atomic mass is 9.94. The molecule has 3 rings (SSSR count). The predicted molar refractivity (Wildman–Crippen MR) is 118 cm³/mol. The molecule has 36 heavy (non-hydrogen) atoms. The van der Waals surface area contributed by atoms with Crippen LogP contribution in [-0.4, -0.2) is 39.6 Å². The number of benzene rings is 2. The van der Waals surface area contributed by atoms with Gasteiger partial charge in [0.05, 0.1) is 10.6 Å². The summed E-state index contributed by atoms with van der Waals surface area (Å²) in [7, 11) is 0.797. The molecule has 0 saturated heterocycles. The molecule has 0 aliphatic carbocycles. The molecule has 0 amide bonds. The third kappa shape index (κ3) is 5.76. The Labute approximate surface area is 205 Å². The molecule has 1 N–H and O–H groups in total. The highest BCUT2D eigenvalue weighted by Gasteiger charge is 2.56. The smallest absolute Gasteiger partial charge is 0.362 e. The van der Waals surface area contributed by atoms with E-state index in [-0.39, 0.29) is 34.2 Å². The highest BCUT2D eigenvalue weighted by molar-refractivity contribution is 6.33. The standard InChI is InChI=1S/C23H18ClF6N3O3/c1-21(36-2,23(28,29)30)17(34)10-4-12-3-9-16(24)15(11-12)19-31-18(32-20(35)33-19)13-5-7-14(8-6-13)22(25,26)27/h3,5-9,11H,4,10H2,1-2H3,(H,31,32,33,35)/t21-/m1/s1. The van der Waals surface area contributed by atoms with E-state index in [1.165, 1.54) is 18.2 Å². The number of hydrogen-bond donors (Lipinski definition) is 1. The molecule has 0 fully saturated rings. The van der Waals surface area contributed by atoms with E-state index in [0.29, 0.717) is 12.5 Å². The quantitative estimate of drug-likeness (QED) is 0.397. The average Bonchev–Trinajstić information content (AvgIpc) is 2.81. The SMILES string of the molecule is CO[C@](C)(C(=O)CCc1ccc(Cl)c(-c2nc(-c3ccc(C(F)(F)F)cc3)nc(=O)[nH]2)c1)C(F)(F)F. The van der Waals surface area contributed by atoms with Crippen molar-refractivity contribution in [2.75, 3.05) is 7.11 Å². The molecule has 0 unspecified atom stereocenters. The zero-order valence-electron chi connectivity index (χ0n) is 18.7. The van der Waals surface area contributed by atoms with Crippen LogP contribution in [0.15, 0.2) is 47.3 Å². The van der Waals surface area contributed by atoms with Crippen LogP contribution in [0.5, 0.6) is 0 Å². The van der Waals surface area contributed by atoms with Crippen LogP contribution >= 0.6 is 11.6 Å². The Morgan fingerprint density at radius 2 is 1.67 bits per heavy atom. The van der Waals surface area contributed by atoms with E-state index in [9.17, 15) is 35.9 Å². The lowest BCUT2D eigenvalue weighted by molar-refractivity contribution is -0.252. The number of ketones is 1. The molecule has 0 saturated carbocycles. The Kier molecular flexibility index (Phi) is 7.61. The van der Waals surface area contributed by atoms with Crippen molar-refractivity contribution in [1.82, 2.24) is 15.0 Å². The van der Waals surface area contributed by atoms with E-state index in [0.717, 1.165) is 31.4 Å². The fraction of sp³-hybridized carbons (Fsp3) is 0.304. The average molecular weight is 534 g/mol. The first-order valence-corrected chi connectivity index (χ1v) is 10.6. The summed E-state index contributed by atoms with van der Waals surface area (Å²) >= 11 is 6.23. The van der Waals surface area contributed by atoms with Gasteiger partial charge in [-0.25, -0.2) is 9.78 Å². The number of methoxy groups -OCH3 is 1. The molecule has 0 radical (unpaired) electrons. The first-order valence-electron chi connectivity index (χ1n) is 10.3. The molecule has 3 aromatic rings. The van der Waals surface area contributed by atoms with Crippen molar-refractivity contribution < 1.29 is 35.9 Å². The largest absolute Gasteiger partial charge is 0.424 e. The monoisotopic (exact) mass is 533 g/mol. The maximum absolute atomic E-state index is 13.2. The number of carbonyl (C=O) groups is 1. The van der Waals surface area contributed by atoms with Gasteiger partial charge in [-0.15, -0.1) is 0 Å². The number of ether oxygens (including phenoxy) is 1. The van der Waals surface area contributed by atoms with Crippen LogP contribution in [0.25, 0.3) is 22.8 Å². The number of H-pyrrole nitrogens is 1. The Morgan fingerprint density at radius 1 is 1.03 bits per heavy atom. The molecule has 13 heteroatoms. The van der Waals surface area contributed by atoms with E-state index >= 15 is 0 Å². The summed E-state index contributed by atoms with van der Waals surface area (Å²) in [5.41, 5.74) is -3.97. The van der Waals surface area contributed by atoms with Crippen LogP contribution in [-0.2, 0) is 22.1 Å². The second-order valence-corrected chi connectivity index (χ2v) is 8.28. The summed E-state index contributed by atoms with van der Waals surface area (Å²) in [6, 6.07) is 8.19. The fourth-order valence-electron chi connectivity index (χ4n) is 3.24. The first-order chi connectivity index (χ1) is 16.7. The van der Waals surface area contributed by atoms with Gasteiger partial charge in [-0.1, -0.05) is 29.8 Å². The van der Waals surface area contributed by atoms with E-state index in [1.807, 2.05) is 0 Å². The minimum absolute atomic E-state index is 0.0694. The number of aryl methyl sites for hydroxylation is 1. The van der Waals surface area contributed by atoms with Gasteiger partial charge in [0.15, 0.2) is 11.6 Å². The number of rotatable bonds is 7. The lowest BCUT2D eigenvalue weighted by Crippen LogP contribution is -2.51. The Bertz CT molecular complexity index is 1320. The van der Waals surface area contributed by atoms with E-state index in [1.54, 1.807) is 0 Å². The lowest BCUT2D eigenvalue weighted by Gasteiger charge is -2.29. The van der Waals surface area contributed by atoms with Crippen LogP contribution in [0.4, 0.5) is 26.3 Å². The fourth-order valence-corrected chi connectivity index (χ4v) is 3.45. The zero-order chi connectivity index (χ0) is 26.9. The maximum Gasteiger partial charge on any atom is 0.424 e. The number of aromatic nitrogens is 3. The molecule has 192 valence electrons. The minimum Gasteiger partial charge on any atom is -0.362 e. The summed E-state index contributed by atoms with van der Waals surface area (Å²) in [5, 5.41) is 0.120. The molecule has 1 heterocycles. The number of nitrogens with one attached hydrogen (secondary N) is 1. The van der Waals surface area contributed by atoms with Crippen molar-refractivity contribution >= 4 is 17.4 Å². The second-order valence-electron chi connectivity index (χ2n) is 7.87. The number of carbonyl (C=O) groups excluding carboxylic acids is 1. The van der Waals surface area contributed by atoms with Crippen LogP contribution in [0.3, 0.4) is 0 Å². The molecular formula is C23H18ClF6N3O3. The summed E-state index contributed by atoms with van der Waals surface area (Å²) < 4.78 is 82.7. The van der Waals surface area contributed by atoms with E-state index < -0.39 is 41.4 Å². The molecule has 0 aliphatic rings. The van der Waals surface area contributed by atoms with Crippen LogP contribution < -0.4 is 5.69 Å². The summed E-state index contributed by atoms with van der Waals surface area (Å²) in [6.45, 7) is 0.650. The van der Waals surface area contributed by atoms with E-state index in [4.69, 9.17) is 11.6 Å². The first kappa shape index (κ1) is 27.3. The van der Waals surface area contributed by atoms with Gasteiger partial charge >= 0.3 is 18.0 Å². The Morgan fingerprint density at radius 3 is 2.22 bits per heavy atom. The third-order valence-corrected chi connectivity index (χ3v) is 5.86. The van der Waals surface area contributed by atoms with Gasteiger partial charge < -0.3 is 4.74 Å². The van der Waals surface area contributed by atoms with Gasteiger partial charge in [-0.3, -0.25) is 9.78 Å². The molecule has 1 atom stereocenters. The highest BCUT2D eigenvalue weighted by atomic mass is 35.5. The van der Waals surface area contributed by atoms with Gasteiger partial charge in [-0.2, -0.15) is 31.3 Å². The molecule has 0 spiro atoms. The number of Topliss-reactive ketones (excluding diaryl/α,β-unsaturated/α-hetero) is 1. The number of nitrogens with zero attached hydrogens (tertiary/aromatic N) is 2. The molecular weight excluding hydrogens is 516 g/mol. The van der Waals surface area contributed by atoms with Crippen LogP contribution in [0.2, 0.25) is 5.02 Å². The number of aromatic amines is 1. The minimum atomic E-state index is -4.90. The summed E-state index contributed by atoms with van der Waals surface area (Å²) in [5.74, 6) is -1.41. The van der Waals surface area contributed by atoms with Crippen LogP contribution in [0, 0.1) is 0 Å². The van der Waals surface area contributed by atoms with Crippen molar-refractivity contribution in [2.45, 2.75) is 37.7 Å². The summed E-state index contributed by atoms with van der Waals surface area (Å²) in [6.07, 6.45) is -10.0. The summed E-state index contributed by atoms with van der Waals surface area (Å²) in [4.78, 5) is 34.6. The molecule has 0 bridgehead atoms. The van der Waals surface area contributed by atoms with Gasteiger partial charge in [0.1, 0.15) is 5.82 Å². The molecule has 0 aliphatic heterocycles. The Balaban J connectivity index is 1.91. The maximum atomic E-state index is 13.2. The third-order valence-electron chi connectivity index (χ3n) is 5.53. The molecule has 1 aromatic heterocycles. The van der Waals surface area contributed by atoms with Crippen molar-refractivity contribution in [3.05, 3.63) is 69.1 Å². The second kappa shape index (κ2) is 10.0. The molecule has 2 aromatic carbocycles. The number of halogens is 7. The van der Waals surface area contributed by atoms with Gasteiger partial charge in [0.2, 0.25) is 5.60 Å².